The Kier molecular flexibility index (Phi) is 4.55. The molecule has 2 aromatic heterocycles. The number of nitrogens with zero attached hydrogens (tertiary/aromatic N) is 4. The van der Waals surface area contributed by atoms with Gasteiger partial charge in [0.15, 0.2) is 6.23 Å². The van der Waals surface area contributed by atoms with Crippen LogP contribution in [0.3, 0.4) is 0 Å². The number of fused-ring (bicyclic) bond motifs is 2. The molecule has 3 heterocycles. The van der Waals surface area contributed by atoms with Crippen LogP contribution in [-0.2, 0) is 6.54 Å². The van der Waals surface area contributed by atoms with Crippen molar-refractivity contribution in [2.24, 2.45) is 0 Å². The van der Waals surface area contributed by atoms with Crippen LogP contribution in [0.4, 0.5) is 5.69 Å². The van der Waals surface area contributed by atoms with Gasteiger partial charge in [-0.3, -0.25) is 9.20 Å². The average molecular weight is 399 g/mol. The fourth-order valence-corrected chi connectivity index (χ4v) is 3.71. The maximum absolute atomic E-state index is 12.5. The van der Waals surface area contributed by atoms with E-state index in [-0.39, 0.29) is 12.1 Å². The number of rotatable bonds is 5. The van der Waals surface area contributed by atoms with Gasteiger partial charge < -0.3 is 15.0 Å². The third-order valence-electron chi connectivity index (χ3n) is 5.26. The number of nitrogens with one attached hydrogen (secondary N) is 1. The molecule has 1 amide bonds. The topological polar surface area (TPSA) is 71.8 Å². The quantitative estimate of drug-likeness (QED) is 0.555. The molecule has 1 aliphatic heterocycles. The van der Waals surface area contributed by atoms with Gasteiger partial charge in [-0.2, -0.15) is 0 Å². The van der Waals surface area contributed by atoms with Gasteiger partial charge in [-0.1, -0.05) is 36.4 Å². The third-order valence-corrected chi connectivity index (χ3v) is 5.26. The van der Waals surface area contributed by atoms with Gasteiger partial charge >= 0.3 is 0 Å². The minimum atomic E-state index is -0.172. The fourth-order valence-electron chi connectivity index (χ4n) is 3.71. The summed E-state index contributed by atoms with van der Waals surface area (Å²) in [5, 5.41) is 2.94. The van der Waals surface area contributed by atoms with E-state index in [1.165, 1.54) is 6.20 Å². The molecule has 1 aliphatic rings. The molecule has 7 nitrogen and oxygen atoms in total. The number of ether oxygens (including phenoxy) is 1. The summed E-state index contributed by atoms with van der Waals surface area (Å²) in [5.74, 6) is 1.30. The zero-order valence-electron chi connectivity index (χ0n) is 16.5. The number of hydrogen-bond acceptors (Lipinski definition) is 5. The van der Waals surface area contributed by atoms with Crippen molar-refractivity contribution in [2.75, 3.05) is 11.4 Å². The first-order valence-corrected chi connectivity index (χ1v) is 9.91. The van der Waals surface area contributed by atoms with Gasteiger partial charge in [-0.15, -0.1) is 0 Å². The Morgan fingerprint density at radius 3 is 2.80 bits per heavy atom. The lowest BCUT2D eigenvalue weighted by Crippen LogP contribution is -2.27. The molecule has 0 fully saturated rings. The van der Waals surface area contributed by atoms with E-state index >= 15 is 0 Å². The Morgan fingerprint density at radius 1 is 1.13 bits per heavy atom. The fraction of sp³-hybridized carbons (Fsp3) is 0.174. The predicted octanol–water partition coefficient (Wildman–Crippen LogP) is 3.58. The van der Waals surface area contributed by atoms with Crippen LogP contribution in [0, 0.1) is 0 Å². The Balaban J connectivity index is 1.26. The first-order valence-electron chi connectivity index (χ1n) is 9.91. The molecule has 1 N–H and O–H groups in total. The lowest BCUT2D eigenvalue weighted by molar-refractivity contribution is 0.0950. The summed E-state index contributed by atoms with van der Waals surface area (Å²) < 4.78 is 7.89. The van der Waals surface area contributed by atoms with Gasteiger partial charge in [0.2, 0.25) is 5.78 Å². The lowest BCUT2D eigenvalue weighted by atomic mass is 10.1. The summed E-state index contributed by atoms with van der Waals surface area (Å²) in [4.78, 5) is 23.0. The molecule has 0 aliphatic carbocycles. The van der Waals surface area contributed by atoms with Gasteiger partial charge in [-0.25, -0.2) is 9.97 Å². The zero-order valence-corrected chi connectivity index (χ0v) is 16.5. The second kappa shape index (κ2) is 7.51. The second-order valence-corrected chi connectivity index (χ2v) is 7.13. The lowest BCUT2D eigenvalue weighted by Gasteiger charge is -2.24. The molecule has 2 aromatic carbocycles. The third kappa shape index (κ3) is 3.24. The van der Waals surface area contributed by atoms with Crippen LogP contribution in [-0.4, -0.2) is 26.8 Å². The number of benzene rings is 2. The number of amides is 1. The van der Waals surface area contributed by atoms with Crippen molar-refractivity contribution >= 4 is 17.4 Å². The SMILES string of the molecule is CCN1c2ccccc2OC1c1ccc(CNC(=O)c2cnc3nccn3c2)cc1. The van der Waals surface area contributed by atoms with Crippen LogP contribution in [0.2, 0.25) is 0 Å². The summed E-state index contributed by atoms with van der Waals surface area (Å²) in [6.07, 6.45) is 6.54. The molecule has 150 valence electrons. The summed E-state index contributed by atoms with van der Waals surface area (Å²) in [6, 6.07) is 16.2. The second-order valence-electron chi connectivity index (χ2n) is 7.13. The molecule has 1 unspecified atom stereocenters. The Hall–Kier alpha value is -3.87. The zero-order chi connectivity index (χ0) is 20.5. The minimum Gasteiger partial charge on any atom is -0.464 e. The summed E-state index contributed by atoms with van der Waals surface area (Å²) >= 11 is 0. The predicted molar refractivity (Wildman–Crippen MR) is 113 cm³/mol. The molecule has 30 heavy (non-hydrogen) atoms. The van der Waals surface area contributed by atoms with Crippen LogP contribution >= 0.6 is 0 Å². The highest BCUT2D eigenvalue weighted by Crippen LogP contribution is 2.42. The van der Waals surface area contributed by atoms with Crippen LogP contribution in [0.5, 0.6) is 5.75 Å². The number of carbonyl (C=O) groups is 1. The van der Waals surface area contributed by atoms with Crippen LogP contribution in [0.1, 0.15) is 34.6 Å². The van der Waals surface area contributed by atoms with Gasteiger partial charge in [0.05, 0.1) is 11.3 Å². The Labute approximate surface area is 174 Å². The van der Waals surface area contributed by atoms with E-state index in [9.17, 15) is 4.79 Å². The van der Waals surface area contributed by atoms with E-state index in [1.54, 1.807) is 23.0 Å². The Bertz CT molecular complexity index is 1200. The molecule has 0 saturated heterocycles. The van der Waals surface area contributed by atoms with Crippen LogP contribution in [0.15, 0.2) is 73.3 Å². The van der Waals surface area contributed by atoms with E-state index in [4.69, 9.17) is 4.74 Å². The maximum atomic E-state index is 12.5. The maximum Gasteiger partial charge on any atom is 0.254 e. The van der Waals surface area contributed by atoms with Gasteiger partial charge in [0, 0.05) is 43.4 Å². The molecule has 7 heteroatoms. The van der Waals surface area contributed by atoms with Crippen LogP contribution in [0.25, 0.3) is 5.78 Å². The van der Waals surface area contributed by atoms with Crippen molar-refractivity contribution in [2.45, 2.75) is 19.7 Å². The summed E-state index contributed by atoms with van der Waals surface area (Å²) in [5.41, 5.74) is 3.71. The van der Waals surface area contributed by atoms with Gasteiger partial charge in [-0.05, 0) is 24.6 Å². The number of hydrogen-bond donors (Lipinski definition) is 1. The van der Waals surface area contributed by atoms with E-state index < -0.39 is 0 Å². The van der Waals surface area contributed by atoms with Crippen molar-refractivity contribution in [3.05, 3.63) is 90.0 Å². The highest BCUT2D eigenvalue weighted by molar-refractivity contribution is 5.93. The normalized spacial score (nSPS) is 15.1. The largest absolute Gasteiger partial charge is 0.464 e. The summed E-state index contributed by atoms with van der Waals surface area (Å²) in [6.45, 7) is 3.41. The van der Waals surface area contributed by atoms with E-state index in [1.807, 2.05) is 30.3 Å². The molecular weight excluding hydrogens is 378 g/mol. The van der Waals surface area contributed by atoms with E-state index in [0.29, 0.717) is 17.9 Å². The van der Waals surface area contributed by atoms with Crippen molar-refractivity contribution in [3.8, 4) is 5.75 Å². The van der Waals surface area contributed by atoms with E-state index in [0.717, 1.165) is 29.1 Å². The Morgan fingerprint density at radius 2 is 1.97 bits per heavy atom. The molecular formula is C23H21N5O2. The monoisotopic (exact) mass is 399 g/mol. The molecule has 0 radical (unpaired) electrons. The molecule has 0 saturated carbocycles. The first-order chi connectivity index (χ1) is 14.7. The van der Waals surface area contributed by atoms with Gasteiger partial charge in [0.1, 0.15) is 5.75 Å². The number of anilines is 1. The van der Waals surface area contributed by atoms with Crippen LogP contribution < -0.4 is 15.0 Å². The average Bonchev–Trinajstić information content (AvgIpc) is 3.41. The van der Waals surface area contributed by atoms with Crippen molar-refractivity contribution in [1.29, 1.82) is 0 Å². The molecule has 4 aromatic rings. The highest BCUT2D eigenvalue weighted by atomic mass is 16.5. The molecule has 5 rings (SSSR count). The van der Waals surface area contributed by atoms with Crippen molar-refractivity contribution < 1.29 is 9.53 Å². The number of imidazole rings is 1. The summed E-state index contributed by atoms with van der Waals surface area (Å²) in [7, 11) is 0. The van der Waals surface area contributed by atoms with E-state index in [2.05, 4.69) is 45.3 Å². The van der Waals surface area contributed by atoms with Crippen molar-refractivity contribution in [3.63, 3.8) is 0 Å². The molecule has 0 spiro atoms. The number of aromatic nitrogens is 3. The molecule has 0 bridgehead atoms. The van der Waals surface area contributed by atoms with Crippen molar-refractivity contribution in [1.82, 2.24) is 19.7 Å². The van der Waals surface area contributed by atoms with Gasteiger partial charge in [0.25, 0.3) is 5.91 Å². The number of carbonyl (C=O) groups excluding carboxylic acids is 1. The number of para-hydroxylation sites is 2. The first kappa shape index (κ1) is 18.2. The highest BCUT2D eigenvalue weighted by Gasteiger charge is 2.30. The molecule has 1 atom stereocenters. The smallest absolute Gasteiger partial charge is 0.254 e. The minimum absolute atomic E-state index is 0.135. The standard InChI is InChI=1S/C23H21N5O2/c1-2-28-19-5-3-4-6-20(19)30-22(28)17-9-7-16(8-10-17)13-25-21(29)18-14-26-23-24-11-12-27(23)15-18/h3-12,14-15,22H,2,13H2,1H3,(H,25,29).